The Kier molecular flexibility index (Phi) is 10.9. The molecule has 0 N–H and O–H groups in total. The van der Waals surface area contributed by atoms with Gasteiger partial charge in [-0.1, -0.05) is 86.1 Å². The summed E-state index contributed by atoms with van der Waals surface area (Å²) in [6, 6.07) is 26.8. The van der Waals surface area contributed by atoms with E-state index in [4.69, 9.17) is 11.6 Å². The van der Waals surface area contributed by atoms with Crippen molar-refractivity contribution in [2.24, 2.45) is 0 Å². The molecule has 1 amide bonds. The van der Waals surface area contributed by atoms with Crippen molar-refractivity contribution < 1.29 is 13.6 Å². The predicted molar refractivity (Wildman–Crippen MR) is 180 cm³/mol. The van der Waals surface area contributed by atoms with Gasteiger partial charge in [0.15, 0.2) is 11.6 Å². The summed E-state index contributed by atoms with van der Waals surface area (Å²) in [5.41, 5.74) is 3.41. The van der Waals surface area contributed by atoms with E-state index < -0.39 is 17.2 Å². The number of halogens is 3. The number of aryl methyl sites for hydroxylation is 2. The van der Waals surface area contributed by atoms with Gasteiger partial charge in [-0.15, -0.1) is 0 Å². The van der Waals surface area contributed by atoms with Gasteiger partial charge in [0.1, 0.15) is 12.4 Å². The number of rotatable bonds is 13. The van der Waals surface area contributed by atoms with Crippen LogP contribution < -0.4 is 5.56 Å². The number of benzene rings is 4. The minimum absolute atomic E-state index is 0.0597. The molecule has 0 unspecified atom stereocenters. The number of likely N-dealkylation sites (N-methyl/N-ethyl adjacent to an activating group) is 1. The lowest BCUT2D eigenvalue weighted by molar-refractivity contribution is -0.132. The quantitative estimate of drug-likeness (QED) is 0.137. The van der Waals surface area contributed by atoms with Crippen LogP contribution in [-0.4, -0.2) is 51.4 Å². The molecule has 5 aromatic rings. The summed E-state index contributed by atoms with van der Waals surface area (Å²) in [4.78, 5) is 35.5. The Labute approximate surface area is 272 Å². The van der Waals surface area contributed by atoms with Crippen molar-refractivity contribution in [3.63, 3.8) is 0 Å². The number of para-hydroxylation sites is 1. The highest BCUT2D eigenvalue weighted by atomic mass is 35.5. The van der Waals surface area contributed by atoms with Gasteiger partial charge >= 0.3 is 0 Å². The van der Waals surface area contributed by atoms with Crippen LogP contribution in [-0.2, 0) is 30.7 Å². The molecule has 0 aliphatic rings. The number of carbonyl (C=O) groups is 1. The van der Waals surface area contributed by atoms with Crippen molar-refractivity contribution in [3.05, 3.63) is 135 Å². The van der Waals surface area contributed by atoms with Gasteiger partial charge in [-0.25, -0.2) is 8.78 Å². The first-order valence-corrected chi connectivity index (χ1v) is 15.9. The maximum atomic E-state index is 14.5. The van der Waals surface area contributed by atoms with Crippen LogP contribution in [0.2, 0.25) is 5.02 Å². The molecule has 0 bridgehead atoms. The Hall–Kier alpha value is -4.40. The van der Waals surface area contributed by atoms with Gasteiger partial charge in [-0.3, -0.25) is 9.59 Å². The summed E-state index contributed by atoms with van der Waals surface area (Å²) < 4.78 is 30.1. The number of fused-ring (bicyclic) bond motifs is 1. The molecule has 0 aliphatic heterocycles. The van der Waals surface area contributed by atoms with Gasteiger partial charge in [0.2, 0.25) is 5.91 Å². The monoisotopic (exact) mass is 642 g/mol. The Bertz CT molecular complexity index is 1860. The molecule has 0 atom stereocenters. The second-order valence-electron chi connectivity index (χ2n) is 11.2. The van der Waals surface area contributed by atoms with Gasteiger partial charge in [-0.05, 0) is 72.1 Å². The summed E-state index contributed by atoms with van der Waals surface area (Å²) in [6.07, 6.45) is 0.271. The van der Waals surface area contributed by atoms with Crippen molar-refractivity contribution in [3.8, 4) is 11.1 Å². The first kappa shape index (κ1) is 33.0. The fraction of sp³-hybridized carbons (Fsp3) is 0.270. The molecule has 6 nitrogen and oxygen atoms in total. The fourth-order valence-electron chi connectivity index (χ4n) is 5.62. The van der Waals surface area contributed by atoms with E-state index in [0.717, 1.165) is 35.8 Å². The van der Waals surface area contributed by atoms with Gasteiger partial charge < -0.3 is 14.4 Å². The second-order valence-corrected chi connectivity index (χ2v) is 11.6. The third-order valence-corrected chi connectivity index (χ3v) is 8.60. The van der Waals surface area contributed by atoms with Gasteiger partial charge in [0.05, 0.1) is 10.9 Å². The van der Waals surface area contributed by atoms with E-state index in [1.54, 1.807) is 28.8 Å². The SMILES string of the molecule is CCN(CC)CCN(Cc1ccc(-c2ccc(Cl)cc2)cc1)C(=O)Cn1c(CCc2cccc(F)c2F)nc(=O)c2ccccc21. The largest absolute Gasteiger partial charge is 0.336 e. The molecule has 1 aromatic heterocycles. The minimum Gasteiger partial charge on any atom is -0.336 e. The second kappa shape index (κ2) is 15.3. The molecule has 1 heterocycles. The summed E-state index contributed by atoms with van der Waals surface area (Å²) in [5, 5.41) is 1.07. The van der Waals surface area contributed by atoms with Crippen LogP contribution in [0.25, 0.3) is 22.0 Å². The highest BCUT2D eigenvalue weighted by molar-refractivity contribution is 6.30. The van der Waals surface area contributed by atoms with Gasteiger partial charge in [-0.2, -0.15) is 4.98 Å². The number of hydrogen-bond donors (Lipinski definition) is 0. The summed E-state index contributed by atoms with van der Waals surface area (Å²) in [7, 11) is 0. The van der Waals surface area contributed by atoms with E-state index in [1.807, 2.05) is 53.4 Å². The number of amides is 1. The summed E-state index contributed by atoms with van der Waals surface area (Å²) in [6.45, 7) is 7.47. The highest BCUT2D eigenvalue weighted by Gasteiger charge is 2.20. The molecular weight excluding hydrogens is 606 g/mol. The highest BCUT2D eigenvalue weighted by Crippen LogP contribution is 2.23. The summed E-state index contributed by atoms with van der Waals surface area (Å²) >= 11 is 6.06. The molecule has 9 heteroatoms. The van der Waals surface area contributed by atoms with Crippen molar-refractivity contribution in [2.75, 3.05) is 26.2 Å². The molecule has 5 rings (SSSR count). The molecule has 0 radical (unpaired) electrons. The van der Waals surface area contributed by atoms with Crippen LogP contribution in [0.1, 0.15) is 30.8 Å². The number of carbonyl (C=O) groups excluding carboxylic acids is 1. The third kappa shape index (κ3) is 7.87. The van der Waals surface area contributed by atoms with Crippen LogP contribution in [0, 0.1) is 11.6 Å². The zero-order valence-corrected chi connectivity index (χ0v) is 26.8. The normalized spacial score (nSPS) is 11.3. The molecule has 0 aliphatic carbocycles. The van der Waals surface area contributed by atoms with E-state index in [9.17, 15) is 18.4 Å². The van der Waals surface area contributed by atoms with Gasteiger partial charge in [0, 0.05) is 31.1 Å². The molecule has 46 heavy (non-hydrogen) atoms. The smallest absolute Gasteiger partial charge is 0.280 e. The van der Waals surface area contributed by atoms with Crippen LogP contribution >= 0.6 is 11.6 Å². The Morgan fingerprint density at radius 3 is 2.20 bits per heavy atom. The molecule has 0 fully saturated rings. The Balaban J connectivity index is 1.44. The zero-order valence-electron chi connectivity index (χ0n) is 26.1. The van der Waals surface area contributed by atoms with E-state index in [0.29, 0.717) is 41.4 Å². The minimum atomic E-state index is -0.929. The molecule has 238 valence electrons. The Morgan fingerprint density at radius 2 is 1.50 bits per heavy atom. The standard InChI is InChI=1S/C37H37ClF2N4O2/c1-3-42(4-2)22-23-43(24-26-12-14-27(15-13-26)28-16-19-30(38)20-17-28)35(45)25-44-33-11-6-5-9-31(33)37(46)41-34(44)21-18-29-8-7-10-32(39)36(29)40/h5-17,19-20H,3-4,18,21-25H2,1-2H3. The first-order chi connectivity index (χ1) is 22.3. The first-order valence-electron chi connectivity index (χ1n) is 15.5. The lowest BCUT2D eigenvalue weighted by Gasteiger charge is -2.28. The van der Waals surface area contributed by atoms with Crippen LogP contribution in [0.15, 0.2) is 95.8 Å². The van der Waals surface area contributed by atoms with Crippen LogP contribution in [0.4, 0.5) is 8.78 Å². The third-order valence-electron chi connectivity index (χ3n) is 8.35. The van der Waals surface area contributed by atoms with E-state index >= 15 is 0 Å². The zero-order chi connectivity index (χ0) is 32.6. The summed E-state index contributed by atoms with van der Waals surface area (Å²) in [5.74, 6) is -1.64. The fourth-order valence-corrected chi connectivity index (χ4v) is 5.74. The lowest BCUT2D eigenvalue weighted by atomic mass is 10.0. The van der Waals surface area contributed by atoms with Crippen molar-refractivity contribution >= 4 is 28.4 Å². The number of hydrogen-bond acceptors (Lipinski definition) is 4. The molecular formula is C37H37ClF2N4O2. The van der Waals surface area contributed by atoms with Crippen LogP contribution in [0.3, 0.4) is 0 Å². The average Bonchev–Trinajstić information content (AvgIpc) is 3.07. The molecule has 0 saturated heterocycles. The lowest BCUT2D eigenvalue weighted by Crippen LogP contribution is -2.40. The van der Waals surface area contributed by atoms with E-state index in [-0.39, 0.29) is 30.9 Å². The van der Waals surface area contributed by atoms with Crippen molar-refractivity contribution in [2.45, 2.75) is 39.8 Å². The molecule has 4 aromatic carbocycles. The van der Waals surface area contributed by atoms with E-state index in [2.05, 4.69) is 23.7 Å². The van der Waals surface area contributed by atoms with Crippen LogP contribution in [0.5, 0.6) is 0 Å². The maximum Gasteiger partial charge on any atom is 0.280 e. The maximum absolute atomic E-state index is 14.5. The topological polar surface area (TPSA) is 58.4 Å². The predicted octanol–water partition coefficient (Wildman–Crippen LogP) is 7.15. The average molecular weight is 643 g/mol. The Morgan fingerprint density at radius 1 is 0.826 bits per heavy atom. The van der Waals surface area contributed by atoms with Crippen molar-refractivity contribution in [1.82, 2.24) is 19.4 Å². The number of nitrogens with zero attached hydrogens (tertiary/aromatic N) is 4. The van der Waals surface area contributed by atoms with Gasteiger partial charge in [0.25, 0.3) is 5.56 Å². The van der Waals surface area contributed by atoms with E-state index in [1.165, 1.54) is 12.1 Å². The number of aromatic nitrogens is 2. The molecule has 0 spiro atoms. The van der Waals surface area contributed by atoms with Crippen molar-refractivity contribution in [1.29, 1.82) is 0 Å². The molecule has 0 saturated carbocycles.